The lowest BCUT2D eigenvalue weighted by Gasteiger charge is -2.18. The molecule has 0 saturated heterocycles. The van der Waals surface area contributed by atoms with Gasteiger partial charge in [-0.05, 0) is 32.9 Å². The molecule has 0 saturated carbocycles. The highest BCUT2D eigenvalue weighted by Crippen LogP contribution is 2.16. The van der Waals surface area contributed by atoms with Crippen molar-refractivity contribution in [2.75, 3.05) is 20.3 Å². The highest BCUT2D eigenvalue weighted by atomic mass is 32.1. The molecule has 7 nitrogen and oxygen atoms in total. The average molecular weight is 365 g/mol. The minimum absolute atomic E-state index is 0.271. The van der Waals surface area contributed by atoms with Crippen LogP contribution in [0.15, 0.2) is 17.1 Å². The van der Waals surface area contributed by atoms with Crippen molar-refractivity contribution in [2.24, 2.45) is 12.0 Å². The predicted octanol–water partition coefficient (Wildman–Crippen LogP) is 1.81. The number of rotatable bonds is 8. The van der Waals surface area contributed by atoms with Crippen molar-refractivity contribution in [3.05, 3.63) is 33.5 Å². The SMILES string of the molecule is COCCNC(=NCc1nnc(C)n1C)NC(C)Cc1ccc(C)s1. The van der Waals surface area contributed by atoms with E-state index in [4.69, 9.17) is 4.74 Å². The van der Waals surface area contributed by atoms with Gasteiger partial charge in [0, 0.05) is 42.9 Å². The van der Waals surface area contributed by atoms with Crippen LogP contribution in [-0.4, -0.2) is 47.0 Å². The molecule has 8 heteroatoms. The Morgan fingerprint density at radius 1 is 1.36 bits per heavy atom. The summed E-state index contributed by atoms with van der Waals surface area (Å²) in [6.07, 6.45) is 0.965. The van der Waals surface area contributed by atoms with E-state index in [9.17, 15) is 0 Å². The van der Waals surface area contributed by atoms with Gasteiger partial charge >= 0.3 is 0 Å². The number of thiophene rings is 1. The van der Waals surface area contributed by atoms with E-state index >= 15 is 0 Å². The summed E-state index contributed by atoms with van der Waals surface area (Å²) >= 11 is 1.84. The van der Waals surface area contributed by atoms with Crippen LogP contribution in [0.4, 0.5) is 0 Å². The summed E-state index contributed by atoms with van der Waals surface area (Å²) in [5, 5.41) is 15.0. The molecule has 25 heavy (non-hydrogen) atoms. The molecule has 0 aliphatic rings. The summed E-state index contributed by atoms with van der Waals surface area (Å²) in [6, 6.07) is 4.62. The van der Waals surface area contributed by atoms with E-state index in [1.54, 1.807) is 7.11 Å². The summed E-state index contributed by atoms with van der Waals surface area (Å²) in [4.78, 5) is 7.36. The largest absolute Gasteiger partial charge is 0.383 e. The maximum Gasteiger partial charge on any atom is 0.192 e. The average Bonchev–Trinajstić information content (AvgIpc) is 3.11. The van der Waals surface area contributed by atoms with Crippen molar-refractivity contribution in [2.45, 2.75) is 39.8 Å². The second-order valence-electron chi connectivity index (χ2n) is 6.07. The Labute approximate surface area is 153 Å². The van der Waals surface area contributed by atoms with E-state index < -0.39 is 0 Å². The Morgan fingerprint density at radius 3 is 2.76 bits per heavy atom. The van der Waals surface area contributed by atoms with Gasteiger partial charge in [0.2, 0.25) is 0 Å². The Balaban J connectivity index is 1.98. The van der Waals surface area contributed by atoms with Gasteiger partial charge in [-0.3, -0.25) is 0 Å². The molecule has 2 aromatic heterocycles. The van der Waals surface area contributed by atoms with Crippen molar-refractivity contribution < 1.29 is 4.74 Å². The third-order valence-electron chi connectivity index (χ3n) is 3.85. The number of ether oxygens (including phenoxy) is 1. The zero-order valence-corrected chi connectivity index (χ0v) is 16.5. The molecule has 0 fully saturated rings. The number of aliphatic imine (C=N–C) groups is 1. The fourth-order valence-electron chi connectivity index (χ4n) is 2.34. The van der Waals surface area contributed by atoms with Crippen LogP contribution in [0.25, 0.3) is 0 Å². The van der Waals surface area contributed by atoms with Crippen LogP contribution in [0.1, 0.15) is 28.3 Å². The van der Waals surface area contributed by atoms with Crippen molar-refractivity contribution >= 4 is 17.3 Å². The Morgan fingerprint density at radius 2 is 2.16 bits per heavy atom. The van der Waals surface area contributed by atoms with Crippen LogP contribution in [-0.2, 0) is 24.8 Å². The zero-order valence-electron chi connectivity index (χ0n) is 15.7. The summed E-state index contributed by atoms with van der Waals surface area (Å²) in [6.45, 7) is 8.03. The standard InChI is InChI=1S/C17H28N6OS/c1-12(10-15-7-6-13(2)25-15)20-17(18-8-9-24-5)19-11-16-22-21-14(3)23(16)4/h6-7,12H,8-11H2,1-5H3,(H2,18,19,20). The van der Waals surface area contributed by atoms with Crippen LogP contribution in [0.5, 0.6) is 0 Å². The third kappa shape index (κ3) is 6.13. The van der Waals surface area contributed by atoms with Gasteiger partial charge in [-0.1, -0.05) is 0 Å². The number of aromatic nitrogens is 3. The Kier molecular flexibility index (Phi) is 7.39. The smallest absolute Gasteiger partial charge is 0.192 e. The highest BCUT2D eigenvalue weighted by molar-refractivity contribution is 7.11. The maximum absolute atomic E-state index is 5.11. The monoisotopic (exact) mass is 364 g/mol. The highest BCUT2D eigenvalue weighted by Gasteiger charge is 2.09. The molecule has 2 N–H and O–H groups in total. The molecule has 0 aromatic carbocycles. The lowest BCUT2D eigenvalue weighted by atomic mass is 10.2. The molecule has 2 heterocycles. The normalized spacial score (nSPS) is 13.1. The van der Waals surface area contributed by atoms with E-state index in [1.165, 1.54) is 9.75 Å². The van der Waals surface area contributed by atoms with Gasteiger partial charge in [-0.15, -0.1) is 21.5 Å². The molecule has 1 atom stereocenters. The molecule has 0 radical (unpaired) electrons. The van der Waals surface area contributed by atoms with Crippen molar-refractivity contribution in [1.29, 1.82) is 0 Å². The summed E-state index contributed by atoms with van der Waals surface area (Å²) in [5.74, 6) is 2.49. The van der Waals surface area contributed by atoms with Gasteiger partial charge in [-0.2, -0.15) is 0 Å². The number of nitrogens with zero attached hydrogens (tertiary/aromatic N) is 4. The summed E-state index contributed by atoms with van der Waals surface area (Å²) < 4.78 is 7.06. The molecule has 1 unspecified atom stereocenters. The van der Waals surface area contributed by atoms with E-state index in [0.29, 0.717) is 19.7 Å². The minimum Gasteiger partial charge on any atom is -0.383 e. The lowest BCUT2D eigenvalue weighted by molar-refractivity contribution is 0.203. The topological polar surface area (TPSA) is 76.4 Å². The molecule has 138 valence electrons. The Hall–Kier alpha value is -1.93. The number of methoxy groups -OCH3 is 1. The van der Waals surface area contributed by atoms with E-state index in [0.717, 1.165) is 24.0 Å². The second-order valence-corrected chi connectivity index (χ2v) is 7.44. The number of aryl methyl sites for hydroxylation is 2. The zero-order chi connectivity index (χ0) is 18.2. The van der Waals surface area contributed by atoms with Crippen LogP contribution in [0.3, 0.4) is 0 Å². The van der Waals surface area contributed by atoms with Crippen LogP contribution in [0.2, 0.25) is 0 Å². The van der Waals surface area contributed by atoms with Crippen LogP contribution >= 0.6 is 11.3 Å². The first kappa shape index (κ1) is 19.4. The van der Waals surface area contributed by atoms with E-state index in [-0.39, 0.29) is 6.04 Å². The van der Waals surface area contributed by atoms with Crippen molar-refractivity contribution in [1.82, 2.24) is 25.4 Å². The molecule has 2 aromatic rings. The minimum atomic E-state index is 0.271. The molecule has 0 aliphatic carbocycles. The number of nitrogens with one attached hydrogen (secondary N) is 2. The molecule has 0 amide bonds. The first-order valence-electron chi connectivity index (χ1n) is 8.43. The van der Waals surface area contributed by atoms with Gasteiger partial charge in [0.15, 0.2) is 11.8 Å². The fraction of sp³-hybridized carbons (Fsp3) is 0.588. The van der Waals surface area contributed by atoms with E-state index in [1.807, 2.05) is 29.9 Å². The number of guanidine groups is 1. The molecule has 2 rings (SSSR count). The molecule has 0 aliphatic heterocycles. The van der Waals surface area contributed by atoms with E-state index in [2.05, 4.69) is 51.8 Å². The van der Waals surface area contributed by atoms with Gasteiger partial charge in [0.1, 0.15) is 12.4 Å². The quantitative estimate of drug-likeness (QED) is 0.424. The number of hydrogen-bond donors (Lipinski definition) is 2. The summed E-state index contributed by atoms with van der Waals surface area (Å²) in [7, 11) is 3.64. The fourth-order valence-corrected chi connectivity index (χ4v) is 3.36. The predicted molar refractivity (Wildman–Crippen MR) is 102 cm³/mol. The summed E-state index contributed by atoms with van der Waals surface area (Å²) in [5.41, 5.74) is 0. The first-order chi connectivity index (χ1) is 12.0. The lowest BCUT2D eigenvalue weighted by Crippen LogP contribution is -2.44. The van der Waals surface area contributed by atoms with Gasteiger partial charge < -0.3 is 19.9 Å². The van der Waals surface area contributed by atoms with Gasteiger partial charge in [-0.25, -0.2) is 4.99 Å². The van der Waals surface area contributed by atoms with Crippen molar-refractivity contribution in [3.8, 4) is 0 Å². The maximum atomic E-state index is 5.11. The Bertz CT molecular complexity index is 693. The molecule has 0 spiro atoms. The van der Waals surface area contributed by atoms with Gasteiger partial charge in [0.05, 0.1) is 6.61 Å². The van der Waals surface area contributed by atoms with Crippen LogP contribution in [0, 0.1) is 13.8 Å². The third-order valence-corrected chi connectivity index (χ3v) is 4.87. The molecule has 0 bridgehead atoms. The molecular formula is C17H28N6OS. The molecular weight excluding hydrogens is 336 g/mol. The number of hydrogen-bond acceptors (Lipinski definition) is 5. The van der Waals surface area contributed by atoms with Gasteiger partial charge in [0.25, 0.3) is 0 Å². The van der Waals surface area contributed by atoms with Crippen molar-refractivity contribution in [3.63, 3.8) is 0 Å². The second kappa shape index (κ2) is 9.53. The van der Waals surface area contributed by atoms with Crippen LogP contribution < -0.4 is 10.6 Å². The first-order valence-corrected chi connectivity index (χ1v) is 9.25.